The van der Waals surface area contributed by atoms with E-state index >= 15 is 0 Å². The molecule has 2 aromatic carbocycles. The first-order valence-corrected chi connectivity index (χ1v) is 11.2. The highest BCUT2D eigenvalue weighted by Crippen LogP contribution is 2.27. The number of nitrogens with zero attached hydrogens (tertiary/aromatic N) is 5. The van der Waals surface area contributed by atoms with E-state index in [1.165, 1.54) is 16.7 Å². The van der Waals surface area contributed by atoms with Crippen molar-refractivity contribution in [3.63, 3.8) is 0 Å². The Labute approximate surface area is 177 Å². The SMILES string of the molecule is C=CCn1c(SCc2nc(-c3ccc(SC)cc3)no2)nnc1-c1ccccc1. The molecule has 0 aliphatic carbocycles. The Kier molecular flexibility index (Phi) is 6.12. The van der Waals surface area contributed by atoms with Crippen molar-refractivity contribution >= 4 is 23.5 Å². The lowest BCUT2D eigenvalue weighted by Gasteiger charge is -2.06. The average molecular weight is 422 g/mol. The van der Waals surface area contributed by atoms with Crippen LogP contribution in [0.25, 0.3) is 22.8 Å². The quantitative estimate of drug-likeness (QED) is 0.286. The molecule has 4 rings (SSSR count). The van der Waals surface area contributed by atoms with E-state index in [1.807, 2.05) is 71.5 Å². The third kappa shape index (κ3) is 4.44. The molecule has 146 valence electrons. The van der Waals surface area contributed by atoms with Crippen molar-refractivity contribution in [3.8, 4) is 22.8 Å². The molecule has 6 nitrogen and oxygen atoms in total. The number of hydrogen-bond donors (Lipinski definition) is 0. The Hall–Kier alpha value is -2.84. The number of aromatic nitrogens is 5. The summed E-state index contributed by atoms with van der Waals surface area (Å²) in [5.41, 5.74) is 1.95. The smallest absolute Gasteiger partial charge is 0.237 e. The van der Waals surface area contributed by atoms with Crippen LogP contribution in [0.4, 0.5) is 0 Å². The van der Waals surface area contributed by atoms with Crippen LogP contribution >= 0.6 is 23.5 Å². The minimum Gasteiger partial charge on any atom is -0.338 e. The first kappa shape index (κ1) is 19.5. The zero-order valence-corrected chi connectivity index (χ0v) is 17.5. The number of hydrogen-bond acceptors (Lipinski definition) is 7. The molecule has 2 heterocycles. The van der Waals surface area contributed by atoms with Gasteiger partial charge < -0.3 is 4.52 Å². The normalized spacial score (nSPS) is 10.9. The third-order valence-corrected chi connectivity index (χ3v) is 5.90. The van der Waals surface area contributed by atoms with E-state index in [-0.39, 0.29) is 0 Å². The molecule has 0 fully saturated rings. The predicted octanol–water partition coefficient (Wildman–Crippen LogP) is 5.20. The summed E-state index contributed by atoms with van der Waals surface area (Å²) in [6.07, 6.45) is 3.88. The van der Waals surface area contributed by atoms with Gasteiger partial charge in [-0.05, 0) is 30.5 Å². The van der Waals surface area contributed by atoms with E-state index < -0.39 is 0 Å². The monoisotopic (exact) mass is 421 g/mol. The van der Waals surface area contributed by atoms with Crippen LogP contribution in [0, 0.1) is 0 Å². The molecule has 4 aromatic rings. The summed E-state index contributed by atoms with van der Waals surface area (Å²) in [5, 5.41) is 13.6. The maximum absolute atomic E-state index is 5.42. The van der Waals surface area contributed by atoms with Crippen molar-refractivity contribution in [1.82, 2.24) is 24.9 Å². The molecule has 0 aliphatic heterocycles. The zero-order chi connectivity index (χ0) is 20.1. The van der Waals surface area contributed by atoms with Crippen LogP contribution in [0.2, 0.25) is 0 Å². The fourth-order valence-electron chi connectivity index (χ4n) is 2.79. The Bertz CT molecular complexity index is 1090. The van der Waals surface area contributed by atoms with Crippen molar-refractivity contribution in [1.29, 1.82) is 0 Å². The molecule has 0 N–H and O–H groups in total. The van der Waals surface area contributed by atoms with E-state index in [4.69, 9.17) is 4.52 Å². The lowest BCUT2D eigenvalue weighted by atomic mass is 10.2. The van der Waals surface area contributed by atoms with Crippen LogP contribution in [-0.4, -0.2) is 31.2 Å². The van der Waals surface area contributed by atoms with E-state index in [0.29, 0.717) is 24.0 Å². The van der Waals surface area contributed by atoms with Gasteiger partial charge in [0.1, 0.15) is 0 Å². The van der Waals surface area contributed by atoms with E-state index in [0.717, 1.165) is 22.1 Å². The number of allylic oxidation sites excluding steroid dienone is 1. The molecule has 8 heteroatoms. The van der Waals surface area contributed by atoms with Crippen molar-refractivity contribution in [2.45, 2.75) is 22.3 Å². The van der Waals surface area contributed by atoms with E-state index in [2.05, 4.69) is 26.9 Å². The summed E-state index contributed by atoms with van der Waals surface area (Å²) in [4.78, 5) is 5.71. The molecule has 0 saturated carbocycles. The molecule has 0 aliphatic rings. The molecule has 0 saturated heterocycles. The van der Waals surface area contributed by atoms with Gasteiger partial charge in [-0.1, -0.05) is 53.3 Å². The highest BCUT2D eigenvalue weighted by atomic mass is 32.2. The fraction of sp³-hybridized carbons (Fsp3) is 0.143. The first-order chi connectivity index (χ1) is 14.3. The Morgan fingerprint density at radius 1 is 1.03 bits per heavy atom. The standard InChI is InChI=1S/C21H19N5OS2/c1-3-13-26-20(16-7-5-4-6-8-16)23-24-21(26)29-14-18-22-19(25-27-18)15-9-11-17(28-2)12-10-15/h3-12H,1,13-14H2,2H3. The minimum absolute atomic E-state index is 0.514. The van der Waals surface area contributed by atoms with Gasteiger partial charge in [0.2, 0.25) is 11.7 Å². The molecule has 0 amide bonds. The Balaban J connectivity index is 1.50. The van der Waals surface area contributed by atoms with Crippen LogP contribution in [0.3, 0.4) is 0 Å². The van der Waals surface area contributed by atoms with Gasteiger partial charge in [0.25, 0.3) is 0 Å². The van der Waals surface area contributed by atoms with E-state index in [1.54, 1.807) is 11.8 Å². The second-order valence-electron chi connectivity index (χ2n) is 6.10. The van der Waals surface area contributed by atoms with Crippen LogP contribution in [0.15, 0.2) is 81.8 Å². The molecular weight excluding hydrogens is 402 g/mol. The van der Waals surface area contributed by atoms with Gasteiger partial charge in [-0.2, -0.15) is 4.98 Å². The van der Waals surface area contributed by atoms with Gasteiger partial charge in [0.15, 0.2) is 11.0 Å². The molecule has 0 radical (unpaired) electrons. The van der Waals surface area contributed by atoms with Crippen LogP contribution < -0.4 is 0 Å². The lowest BCUT2D eigenvalue weighted by Crippen LogP contribution is -2.00. The maximum Gasteiger partial charge on any atom is 0.237 e. The summed E-state index contributed by atoms with van der Waals surface area (Å²) in [5.74, 6) is 2.47. The minimum atomic E-state index is 0.514. The fourth-order valence-corrected chi connectivity index (χ4v) is 3.98. The van der Waals surface area contributed by atoms with Gasteiger partial charge in [-0.25, -0.2) is 0 Å². The second kappa shape index (κ2) is 9.11. The largest absolute Gasteiger partial charge is 0.338 e. The number of thioether (sulfide) groups is 2. The second-order valence-corrected chi connectivity index (χ2v) is 7.92. The van der Waals surface area contributed by atoms with Gasteiger partial charge in [-0.15, -0.1) is 28.5 Å². The maximum atomic E-state index is 5.42. The molecule has 0 atom stereocenters. The first-order valence-electron chi connectivity index (χ1n) is 8.98. The summed E-state index contributed by atoms with van der Waals surface area (Å²) >= 11 is 3.21. The van der Waals surface area contributed by atoms with Crippen molar-refractivity contribution < 1.29 is 4.52 Å². The van der Waals surface area contributed by atoms with Gasteiger partial charge in [0.05, 0.1) is 5.75 Å². The molecule has 29 heavy (non-hydrogen) atoms. The molecule has 2 aromatic heterocycles. The summed E-state index contributed by atoms with van der Waals surface area (Å²) in [6.45, 7) is 4.47. The Morgan fingerprint density at radius 3 is 2.55 bits per heavy atom. The highest BCUT2D eigenvalue weighted by molar-refractivity contribution is 7.98. The van der Waals surface area contributed by atoms with Gasteiger partial charge in [-0.3, -0.25) is 4.57 Å². The highest BCUT2D eigenvalue weighted by Gasteiger charge is 2.15. The van der Waals surface area contributed by atoms with Crippen molar-refractivity contribution in [2.75, 3.05) is 6.26 Å². The summed E-state index contributed by atoms with van der Waals surface area (Å²) in [7, 11) is 0. The number of benzene rings is 2. The van der Waals surface area contributed by atoms with Gasteiger partial charge >= 0.3 is 0 Å². The van der Waals surface area contributed by atoms with Gasteiger partial charge in [0, 0.05) is 22.6 Å². The average Bonchev–Trinajstić information content (AvgIpc) is 3.40. The molecular formula is C21H19N5OS2. The number of rotatable bonds is 8. The summed E-state index contributed by atoms with van der Waals surface area (Å²) < 4.78 is 7.46. The lowest BCUT2D eigenvalue weighted by molar-refractivity contribution is 0.391. The topological polar surface area (TPSA) is 69.6 Å². The van der Waals surface area contributed by atoms with Crippen molar-refractivity contribution in [3.05, 3.63) is 73.1 Å². The van der Waals surface area contributed by atoms with Crippen LogP contribution in [-0.2, 0) is 12.3 Å². The summed E-state index contributed by atoms with van der Waals surface area (Å²) in [6, 6.07) is 18.1. The molecule has 0 spiro atoms. The van der Waals surface area contributed by atoms with Crippen LogP contribution in [0.1, 0.15) is 5.89 Å². The van der Waals surface area contributed by atoms with Crippen molar-refractivity contribution in [2.24, 2.45) is 0 Å². The molecule has 0 bridgehead atoms. The molecule has 0 unspecified atom stereocenters. The third-order valence-electron chi connectivity index (χ3n) is 4.20. The van der Waals surface area contributed by atoms with Crippen LogP contribution in [0.5, 0.6) is 0 Å². The Morgan fingerprint density at radius 2 is 1.83 bits per heavy atom. The zero-order valence-electron chi connectivity index (χ0n) is 15.9. The van der Waals surface area contributed by atoms with E-state index in [9.17, 15) is 0 Å². The predicted molar refractivity (Wildman–Crippen MR) is 117 cm³/mol.